The fourth-order valence-electron chi connectivity index (χ4n) is 1.12. The highest BCUT2D eigenvalue weighted by atomic mass is 16.4. The first-order valence-corrected chi connectivity index (χ1v) is 5.06. The van der Waals surface area contributed by atoms with E-state index in [-0.39, 0.29) is 18.6 Å². The van der Waals surface area contributed by atoms with E-state index in [1.807, 2.05) is 0 Å². The van der Waals surface area contributed by atoms with Crippen LogP contribution in [-0.4, -0.2) is 41.6 Å². The number of carboxylic acids is 1. The second-order valence-electron chi connectivity index (χ2n) is 3.88. The van der Waals surface area contributed by atoms with E-state index in [4.69, 9.17) is 11.5 Å². The van der Waals surface area contributed by atoms with Gasteiger partial charge in [0, 0.05) is 26.1 Å². The zero-order chi connectivity index (χ0) is 12.7. The first-order chi connectivity index (χ1) is 7.38. The van der Waals surface area contributed by atoms with Crippen LogP contribution in [0.15, 0.2) is 0 Å². The predicted molar refractivity (Wildman–Crippen MR) is 60.9 cm³/mol. The molecule has 0 heterocycles. The average molecular weight is 226 g/mol. The maximum absolute atomic E-state index is 11.5. The van der Waals surface area contributed by atoms with Crippen molar-refractivity contribution >= 4 is 12.0 Å². The molecule has 0 aliphatic carbocycles. The number of terminal acetylenes is 1. The third-order valence-electron chi connectivity index (χ3n) is 2.11. The molecule has 0 bridgehead atoms. The standard InChI is InChI=1S/C11H18N2O3/c1-5-6-9(3)12-11(16)13(4)7-8(2)10(14)15/h1,8-9H,6-7H2,2-4H3,(H,12,16)(H,14,15). The highest BCUT2D eigenvalue weighted by molar-refractivity contribution is 5.75. The van der Waals surface area contributed by atoms with Crippen LogP contribution in [0.4, 0.5) is 4.79 Å². The van der Waals surface area contributed by atoms with Gasteiger partial charge in [-0.3, -0.25) is 4.79 Å². The van der Waals surface area contributed by atoms with Crippen molar-refractivity contribution in [2.24, 2.45) is 5.92 Å². The first-order valence-electron chi connectivity index (χ1n) is 5.06. The Morgan fingerprint density at radius 1 is 1.50 bits per heavy atom. The Bertz CT molecular complexity index is 296. The third-order valence-corrected chi connectivity index (χ3v) is 2.11. The second kappa shape index (κ2) is 6.72. The number of carbonyl (C=O) groups is 2. The molecule has 0 saturated carbocycles. The lowest BCUT2D eigenvalue weighted by atomic mass is 10.2. The van der Waals surface area contributed by atoms with E-state index < -0.39 is 11.9 Å². The van der Waals surface area contributed by atoms with E-state index in [1.54, 1.807) is 20.9 Å². The fourth-order valence-corrected chi connectivity index (χ4v) is 1.12. The van der Waals surface area contributed by atoms with Gasteiger partial charge >= 0.3 is 12.0 Å². The molecule has 0 aromatic rings. The van der Waals surface area contributed by atoms with Crippen molar-refractivity contribution in [1.82, 2.24) is 10.2 Å². The number of amides is 2. The van der Waals surface area contributed by atoms with Gasteiger partial charge in [0.2, 0.25) is 0 Å². The van der Waals surface area contributed by atoms with E-state index >= 15 is 0 Å². The SMILES string of the molecule is C#CCC(C)NC(=O)N(C)CC(C)C(=O)O. The number of nitrogens with zero attached hydrogens (tertiary/aromatic N) is 1. The number of hydrogen-bond donors (Lipinski definition) is 2. The number of rotatable bonds is 5. The Morgan fingerprint density at radius 3 is 2.50 bits per heavy atom. The van der Waals surface area contributed by atoms with Crippen LogP contribution in [0.25, 0.3) is 0 Å². The second-order valence-corrected chi connectivity index (χ2v) is 3.88. The minimum atomic E-state index is -0.920. The molecule has 0 aromatic carbocycles. The fraction of sp³-hybridized carbons (Fsp3) is 0.636. The monoisotopic (exact) mass is 226 g/mol. The summed E-state index contributed by atoms with van der Waals surface area (Å²) in [5.41, 5.74) is 0. The maximum atomic E-state index is 11.5. The molecular formula is C11H18N2O3. The lowest BCUT2D eigenvalue weighted by molar-refractivity contribution is -0.141. The van der Waals surface area contributed by atoms with E-state index in [0.717, 1.165) is 0 Å². The molecule has 0 spiro atoms. The lowest BCUT2D eigenvalue weighted by Crippen LogP contribution is -2.44. The molecule has 0 aliphatic heterocycles. The van der Waals surface area contributed by atoms with Crippen LogP contribution in [0.2, 0.25) is 0 Å². The van der Waals surface area contributed by atoms with Gasteiger partial charge in [-0.05, 0) is 6.92 Å². The predicted octanol–water partition coefficient (Wildman–Crippen LogP) is 0.760. The van der Waals surface area contributed by atoms with Crippen molar-refractivity contribution in [3.8, 4) is 12.3 Å². The molecule has 2 atom stereocenters. The quantitative estimate of drug-likeness (QED) is 0.680. The zero-order valence-electron chi connectivity index (χ0n) is 9.86. The molecule has 0 fully saturated rings. The van der Waals surface area contributed by atoms with E-state index in [9.17, 15) is 9.59 Å². The van der Waals surface area contributed by atoms with Gasteiger partial charge in [0.15, 0.2) is 0 Å². The van der Waals surface area contributed by atoms with Crippen molar-refractivity contribution in [2.75, 3.05) is 13.6 Å². The summed E-state index contributed by atoms with van der Waals surface area (Å²) in [6.45, 7) is 3.52. The summed E-state index contributed by atoms with van der Waals surface area (Å²) >= 11 is 0. The largest absolute Gasteiger partial charge is 0.481 e. The van der Waals surface area contributed by atoms with Gasteiger partial charge < -0.3 is 15.3 Å². The maximum Gasteiger partial charge on any atom is 0.317 e. The summed E-state index contributed by atoms with van der Waals surface area (Å²) < 4.78 is 0. The van der Waals surface area contributed by atoms with Crippen LogP contribution in [0.5, 0.6) is 0 Å². The molecule has 5 heteroatoms. The van der Waals surface area contributed by atoms with Crippen LogP contribution in [-0.2, 0) is 4.79 Å². The average Bonchev–Trinajstić information content (AvgIpc) is 2.17. The van der Waals surface area contributed by atoms with E-state index in [2.05, 4.69) is 11.2 Å². The third kappa shape index (κ3) is 5.25. The van der Waals surface area contributed by atoms with Gasteiger partial charge in [0.05, 0.1) is 5.92 Å². The van der Waals surface area contributed by atoms with Crippen LogP contribution < -0.4 is 5.32 Å². The molecule has 0 aliphatic rings. The van der Waals surface area contributed by atoms with Gasteiger partial charge in [-0.2, -0.15) is 0 Å². The van der Waals surface area contributed by atoms with Crippen molar-refractivity contribution in [3.05, 3.63) is 0 Å². The highest BCUT2D eigenvalue weighted by Crippen LogP contribution is 1.99. The van der Waals surface area contributed by atoms with Gasteiger partial charge in [0.1, 0.15) is 0 Å². The van der Waals surface area contributed by atoms with Crippen molar-refractivity contribution < 1.29 is 14.7 Å². The smallest absolute Gasteiger partial charge is 0.317 e. The molecule has 0 rings (SSSR count). The summed E-state index contributed by atoms with van der Waals surface area (Å²) in [5, 5.41) is 11.4. The van der Waals surface area contributed by atoms with Crippen molar-refractivity contribution in [3.63, 3.8) is 0 Å². The Morgan fingerprint density at radius 2 is 2.06 bits per heavy atom. The molecule has 2 N–H and O–H groups in total. The van der Waals surface area contributed by atoms with Crippen LogP contribution in [0.3, 0.4) is 0 Å². The molecule has 2 amide bonds. The van der Waals surface area contributed by atoms with Gasteiger partial charge in [0.25, 0.3) is 0 Å². The molecule has 0 saturated heterocycles. The molecule has 2 unspecified atom stereocenters. The first kappa shape index (κ1) is 14.3. The molecule has 0 aromatic heterocycles. The molecule has 0 radical (unpaired) electrons. The van der Waals surface area contributed by atoms with Crippen LogP contribution in [0.1, 0.15) is 20.3 Å². The molecule has 5 nitrogen and oxygen atoms in total. The molecule has 90 valence electrons. The Hall–Kier alpha value is -1.70. The normalized spacial score (nSPS) is 13.4. The van der Waals surface area contributed by atoms with Crippen LogP contribution >= 0.6 is 0 Å². The summed E-state index contributed by atoms with van der Waals surface area (Å²) in [5.74, 6) is 0.939. The van der Waals surface area contributed by atoms with Crippen molar-refractivity contribution in [2.45, 2.75) is 26.3 Å². The summed E-state index contributed by atoms with van der Waals surface area (Å²) in [6.07, 6.45) is 5.56. The minimum absolute atomic E-state index is 0.111. The van der Waals surface area contributed by atoms with Crippen LogP contribution in [0, 0.1) is 18.3 Å². The topological polar surface area (TPSA) is 69.6 Å². The number of aliphatic carboxylic acids is 1. The van der Waals surface area contributed by atoms with Crippen molar-refractivity contribution in [1.29, 1.82) is 0 Å². The summed E-state index contributed by atoms with van der Waals surface area (Å²) in [4.78, 5) is 23.5. The molecule has 16 heavy (non-hydrogen) atoms. The molecular weight excluding hydrogens is 208 g/mol. The van der Waals surface area contributed by atoms with E-state index in [1.165, 1.54) is 4.90 Å². The minimum Gasteiger partial charge on any atom is -0.481 e. The lowest BCUT2D eigenvalue weighted by Gasteiger charge is -2.22. The number of carboxylic acid groups (broad SMARTS) is 1. The number of hydrogen-bond acceptors (Lipinski definition) is 2. The highest BCUT2D eigenvalue weighted by Gasteiger charge is 2.17. The zero-order valence-corrected chi connectivity index (χ0v) is 9.86. The Kier molecular flexibility index (Phi) is 6.01. The number of nitrogens with one attached hydrogen (secondary N) is 1. The number of carbonyl (C=O) groups excluding carboxylic acids is 1. The van der Waals surface area contributed by atoms with E-state index in [0.29, 0.717) is 6.42 Å². The van der Waals surface area contributed by atoms with Gasteiger partial charge in [-0.25, -0.2) is 4.79 Å². The number of urea groups is 1. The van der Waals surface area contributed by atoms with Gasteiger partial charge in [-0.1, -0.05) is 6.92 Å². The summed E-state index contributed by atoms with van der Waals surface area (Å²) in [6, 6.07) is -0.420. The Labute approximate surface area is 95.8 Å². The van der Waals surface area contributed by atoms with Gasteiger partial charge in [-0.15, -0.1) is 12.3 Å². The Balaban J connectivity index is 4.09. The summed E-state index contributed by atoms with van der Waals surface area (Å²) in [7, 11) is 1.55.